The molecule has 1 aromatic heterocycles. The van der Waals surface area contributed by atoms with Crippen LogP contribution in [0.3, 0.4) is 0 Å². The Morgan fingerprint density at radius 2 is 2.10 bits per heavy atom. The summed E-state index contributed by atoms with van der Waals surface area (Å²) in [5.41, 5.74) is 0.994. The predicted molar refractivity (Wildman–Crippen MR) is 82.3 cm³/mol. The molecule has 0 spiro atoms. The zero-order valence-electron chi connectivity index (χ0n) is 11.4. The van der Waals surface area contributed by atoms with Crippen LogP contribution in [-0.4, -0.2) is 17.5 Å². The van der Waals surface area contributed by atoms with Crippen molar-refractivity contribution < 1.29 is 4.92 Å². The van der Waals surface area contributed by atoms with Gasteiger partial charge in [0.25, 0.3) is 5.69 Å². The Morgan fingerprint density at radius 3 is 2.80 bits per heavy atom. The molecule has 1 heterocycles. The Balaban J connectivity index is 1.82. The van der Waals surface area contributed by atoms with E-state index in [0.717, 1.165) is 18.5 Å². The van der Waals surface area contributed by atoms with E-state index < -0.39 is 0 Å². The molecule has 0 bridgehead atoms. The van der Waals surface area contributed by atoms with E-state index >= 15 is 0 Å². The first-order valence-corrected chi connectivity index (χ1v) is 7.53. The number of nitrogens with zero attached hydrogens (tertiary/aromatic N) is 1. The zero-order valence-corrected chi connectivity index (χ0v) is 12.2. The summed E-state index contributed by atoms with van der Waals surface area (Å²) < 4.78 is 0. The second-order valence-electron chi connectivity index (χ2n) is 4.77. The number of benzene rings is 1. The molecule has 0 radical (unpaired) electrons. The molecule has 1 aromatic carbocycles. The first-order chi connectivity index (χ1) is 9.66. The van der Waals surface area contributed by atoms with Gasteiger partial charge in [-0.05, 0) is 37.8 Å². The monoisotopic (exact) mass is 290 g/mol. The molecule has 0 aliphatic heterocycles. The third-order valence-electron chi connectivity index (χ3n) is 3.16. The van der Waals surface area contributed by atoms with Crippen LogP contribution in [0, 0.1) is 10.1 Å². The number of nitro groups is 1. The summed E-state index contributed by atoms with van der Waals surface area (Å²) in [6, 6.07) is 11.5. The van der Waals surface area contributed by atoms with Crippen LogP contribution in [0.1, 0.15) is 17.4 Å². The lowest BCUT2D eigenvalue weighted by Gasteiger charge is -2.12. The lowest BCUT2D eigenvalue weighted by molar-refractivity contribution is -0.385. The van der Waals surface area contributed by atoms with Crippen LogP contribution < -0.4 is 5.32 Å². The molecular formula is C15H18N2O2S. The quantitative estimate of drug-likeness (QED) is 0.628. The van der Waals surface area contributed by atoms with E-state index in [-0.39, 0.29) is 10.6 Å². The van der Waals surface area contributed by atoms with E-state index in [0.29, 0.717) is 12.5 Å². The van der Waals surface area contributed by atoms with E-state index in [4.69, 9.17) is 0 Å². The number of nitro benzene ring substituents is 1. The van der Waals surface area contributed by atoms with Crippen molar-refractivity contribution in [3.8, 4) is 0 Å². The van der Waals surface area contributed by atoms with E-state index in [1.165, 1.54) is 4.88 Å². The van der Waals surface area contributed by atoms with Gasteiger partial charge in [0.05, 0.1) is 4.92 Å². The lowest BCUT2D eigenvalue weighted by Crippen LogP contribution is -2.29. The Hall–Kier alpha value is -1.72. The molecule has 106 valence electrons. The van der Waals surface area contributed by atoms with Gasteiger partial charge in [0, 0.05) is 22.5 Å². The SMILES string of the molecule is CC(Cc1cccs1)NCCc1ccccc1[N+](=O)[O-]. The van der Waals surface area contributed by atoms with E-state index in [1.807, 2.05) is 12.1 Å². The molecule has 20 heavy (non-hydrogen) atoms. The Bertz CT molecular complexity index is 555. The van der Waals surface area contributed by atoms with Gasteiger partial charge in [-0.3, -0.25) is 10.1 Å². The van der Waals surface area contributed by atoms with E-state index in [2.05, 4.69) is 29.8 Å². The van der Waals surface area contributed by atoms with Crippen molar-refractivity contribution in [2.45, 2.75) is 25.8 Å². The highest BCUT2D eigenvalue weighted by Crippen LogP contribution is 2.17. The molecule has 1 unspecified atom stereocenters. The summed E-state index contributed by atoms with van der Waals surface area (Å²) in [5.74, 6) is 0. The Labute approximate surface area is 122 Å². The number of hydrogen-bond donors (Lipinski definition) is 1. The fourth-order valence-electron chi connectivity index (χ4n) is 2.16. The van der Waals surface area contributed by atoms with Gasteiger partial charge in [-0.15, -0.1) is 11.3 Å². The van der Waals surface area contributed by atoms with Gasteiger partial charge in [-0.2, -0.15) is 0 Å². The minimum atomic E-state index is -0.315. The fourth-order valence-corrected chi connectivity index (χ4v) is 2.99. The molecule has 1 atom stereocenters. The standard InChI is InChI=1S/C15H18N2O2S/c1-12(11-14-6-4-10-20-14)16-9-8-13-5-2-3-7-15(13)17(18)19/h2-7,10,12,16H,8-9,11H2,1H3. The van der Waals surface area contributed by atoms with Crippen LogP contribution >= 0.6 is 11.3 Å². The van der Waals surface area contributed by atoms with Crippen molar-refractivity contribution in [3.63, 3.8) is 0 Å². The van der Waals surface area contributed by atoms with Gasteiger partial charge in [-0.25, -0.2) is 0 Å². The molecule has 0 aliphatic carbocycles. The average Bonchev–Trinajstić information content (AvgIpc) is 2.92. The molecule has 0 saturated heterocycles. The van der Waals surface area contributed by atoms with Crippen LogP contribution in [0.15, 0.2) is 41.8 Å². The summed E-state index contributed by atoms with van der Waals surface area (Å²) in [7, 11) is 0. The van der Waals surface area contributed by atoms with Crippen molar-refractivity contribution in [1.82, 2.24) is 5.32 Å². The smallest absolute Gasteiger partial charge is 0.272 e. The number of hydrogen-bond acceptors (Lipinski definition) is 4. The molecule has 4 nitrogen and oxygen atoms in total. The summed E-state index contributed by atoms with van der Waals surface area (Å²) in [6.45, 7) is 2.89. The molecular weight excluding hydrogens is 272 g/mol. The van der Waals surface area contributed by atoms with Crippen LogP contribution in [0.4, 0.5) is 5.69 Å². The maximum Gasteiger partial charge on any atom is 0.272 e. The topological polar surface area (TPSA) is 55.2 Å². The fraction of sp³-hybridized carbons (Fsp3) is 0.333. The molecule has 2 rings (SSSR count). The van der Waals surface area contributed by atoms with Gasteiger partial charge < -0.3 is 5.32 Å². The maximum atomic E-state index is 10.9. The van der Waals surface area contributed by atoms with Gasteiger partial charge in [-0.1, -0.05) is 24.3 Å². The van der Waals surface area contributed by atoms with Crippen molar-refractivity contribution in [3.05, 3.63) is 62.3 Å². The van der Waals surface area contributed by atoms with Crippen molar-refractivity contribution in [2.75, 3.05) is 6.54 Å². The van der Waals surface area contributed by atoms with Gasteiger partial charge in [0.15, 0.2) is 0 Å². The summed E-state index contributed by atoms with van der Waals surface area (Å²) >= 11 is 1.76. The van der Waals surface area contributed by atoms with Crippen LogP contribution in [0.2, 0.25) is 0 Å². The molecule has 0 amide bonds. The minimum Gasteiger partial charge on any atom is -0.314 e. The first-order valence-electron chi connectivity index (χ1n) is 6.65. The molecule has 0 fully saturated rings. The van der Waals surface area contributed by atoms with Gasteiger partial charge in [0.1, 0.15) is 0 Å². The summed E-state index contributed by atoms with van der Waals surface area (Å²) in [5, 5.41) is 16.4. The largest absolute Gasteiger partial charge is 0.314 e. The third-order valence-corrected chi connectivity index (χ3v) is 4.06. The van der Waals surface area contributed by atoms with E-state index in [1.54, 1.807) is 23.5 Å². The average molecular weight is 290 g/mol. The molecule has 2 aromatic rings. The number of thiophene rings is 1. The molecule has 1 N–H and O–H groups in total. The number of rotatable bonds is 7. The zero-order chi connectivity index (χ0) is 14.4. The maximum absolute atomic E-state index is 10.9. The van der Waals surface area contributed by atoms with Crippen molar-refractivity contribution in [2.24, 2.45) is 0 Å². The highest BCUT2D eigenvalue weighted by molar-refractivity contribution is 7.09. The highest BCUT2D eigenvalue weighted by Gasteiger charge is 2.12. The normalized spacial score (nSPS) is 12.2. The molecule has 5 heteroatoms. The van der Waals surface area contributed by atoms with Crippen molar-refractivity contribution >= 4 is 17.0 Å². The van der Waals surface area contributed by atoms with Crippen LogP contribution in [-0.2, 0) is 12.8 Å². The second-order valence-corrected chi connectivity index (χ2v) is 5.81. The Kier molecular flexibility index (Phi) is 5.26. The second kappa shape index (κ2) is 7.17. The van der Waals surface area contributed by atoms with E-state index in [9.17, 15) is 10.1 Å². The van der Waals surface area contributed by atoms with Gasteiger partial charge >= 0.3 is 0 Å². The Morgan fingerprint density at radius 1 is 1.30 bits per heavy atom. The lowest BCUT2D eigenvalue weighted by atomic mass is 10.1. The number of nitrogens with one attached hydrogen (secondary N) is 1. The third kappa shape index (κ3) is 4.15. The summed E-state index contributed by atoms with van der Waals surface area (Å²) in [4.78, 5) is 12.0. The molecule has 0 aliphatic rings. The predicted octanol–water partition coefficient (Wildman–Crippen LogP) is 3.42. The minimum absolute atomic E-state index is 0.209. The van der Waals surface area contributed by atoms with Crippen LogP contribution in [0.25, 0.3) is 0 Å². The first kappa shape index (κ1) is 14.7. The highest BCUT2D eigenvalue weighted by atomic mass is 32.1. The van der Waals surface area contributed by atoms with Crippen LogP contribution in [0.5, 0.6) is 0 Å². The molecule has 0 saturated carbocycles. The number of para-hydroxylation sites is 1. The summed E-state index contributed by atoms with van der Waals surface area (Å²) in [6.07, 6.45) is 1.67. The van der Waals surface area contributed by atoms with Gasteiger partial charge in [0.2, 0.25) is 0 Å². The van der Waals surface area contributed by atoms with Crippen molar-refractivity contribution in [1.29, 1.82) is 0 Å².